The van der Waals surface area contributed by atoms with Gasteiger partial charge in [0.05, 0.1) is 19.3 Å². The molecular weight excluding hydrogens is 446 g/mol. The molecule has 8 nitrogen and oxygen atoms in total. The van der Waals surface area contributed by atoms with E-state index < -0.39 is 0 Å². The Labute approximate surface area is 204 Å². The topological polar surface area (TPSA) is 85.1 Å². The molecule has 0 bridgehead atoms. The molecule has 182 valence electrons. The first-order valence-corrected chi connectivity index (χ1v) is 12.1. The maximum absolute atomic E-state index is 12.8. The summed E-state index contributed by atoms with van der Waals surface area (Å²) in [5.41, 5.74) is 3.62. The highest BCUT2D eigenvalue weighted by Gasteiger charge is 2.31. The summed E-state index contributed by atoms with van der Waals surface area (Å²) >= 11 is 0. The Balaban J connectivity index is 1.33. The SMILES string of the molecule is CCC(=O)N1CCc2ccc(OCc3nc(C(=O)N4CCOCC4)co3)cc2C1c1ccccc1. The number of oxazole rings is 1. The fourth-order valence-corrected chi connectivity index (χ4v) is 4.70. The minimum atomic E-state index is -0.163. The third-order valence-corrected chi connectivity index (χ3v) is 6.52. The lowest BCUT2D eigenvalue weighted by Crippen LogP contribution is -2.40. The van der Waals surface area contributed by atoms with E-state index in [0.717, 1.165) is 17.5 Å². The average molecular weight is 476 g/mol. The van der Waals surface area contributed by atoms with Crippen molar-refractivity contribution in [3.63, 3.8) is 0 Å². The van der Waals surface area contributed by atoms with E-state index in [1.165, 1.54) is 11.8 Å². The molecule has 0 aliphatic carbocycles. The summed E-state index contributed by atoms with van der Waals surface area (Å²) in [7, 11) is 0. The molecule has 2 amide bonds. The van der Waals surface area contributed by atoms with Crippen LogP contribution in [0.5, 0.6) is 5.75 Å². The summed E-state index contributed by atoms with van der Waals surface area (Å²) in [6.07, 6.45) is 2.64. The van der Waals surface area contributed by atoms with Crippen LogP contribution in [0.4, 0.5) is 0 Å². The zero-order valence-corrected chi connectivity index (χ0v) is 19.8. The summed E-state index contributed by atoms with van der Waals surface area (Å²) in [4.78, 5) is 33.4. The maximum Gasteiger partial charge on any atom is 0.275 e. The Bertz CT molecular complexity index is 1190. The fourth-order valence-electron chi connectivity index (χ4n) is 4.70. The van der Waals surface area contributed by atoms with Crippen molar-refractivity contribution < 1.29 is 23.5 Å². The van der Waals surface area contributed by atoms with Gasteiger partial charge in [-0.1, -0.05) is 43.3 Å². The lowest BCUT2D eigenvalue weighted by Gasteiger charge is -2.38. The molecule has 1 aromatic heterocycles. The van der Waals surface area contributed by atoms with Crippen molar-refractivity contribution in [1.29, 1.82) is 0 Å². The summed E-state index contributed by atoms with van der Waals surface area (Å²) < 4.78 is 16.8. The number of rotatable bonds is 6. The number of ether oxygens (including phenoxy) is 2. The molecule has 0 radical (unpaired) electrons. The lowest BCUT2D eigenvalue weighted by atomic mass is 9.87. The minimum absolute atomic E-state index is 0.1000. The van der Waals surface area contributed by atoms with Gasteiger partial charge in [-0.15, -0.1) is 0 Å². The normalized spacial score (nSPS) is 17.7. The van der Waals surface area contributed by atoms with E-state index in [2.05, 4.69) is 23.2 Å². The van der Waals surface area contributed by atoms with Crippen LogP contribution < -0.4 is 4.74 Å². The second kappa shape index (κ2) is 10.3. The van der Waals surface area contributed by atoms with E-state index in [9.17, 15) is 9.59 Å². The van der Waals surface area contributed by atoms with Gasteiger partial charge in [0.15, 0.2) is 12.3 Å². The molecule has 0 saturated carbocycles. The first-order valence-electron chi connectivity index (χ1n) is 12.1. The second-order valence-corrected chi connectivity index (χ2v) is 8.68. The van der Waals surface area contributed by atoms with Crippen molar-refractivity contribution in [2.24, 2.45) is 0 Å². The van der Waals surface area contributed by atoms with E-state index in [1.807, 2.05) is 42.2 Å². The highest BCUT2D eigenvalue weighted by Crippen LogP contribution is 2.37. The van der Waals surface area contributed by atoms with Crippen molar-refractivity contribution in [3.8, 4) is 5.75 Å². The molecule has 1 atom stereocenters. The Morgan fingerprint density at radius 2 is 1.89 bits per heavy atom. The summed E-state index contributed by atoms with van der Waals surface area (Å²) in [6.45, 7) is 4.85. The fraction of sp³-hybridized carbons (Fsp3) is 0.370. The molecule has 0 spiro atoms. The summed E-state index contributed by atoms with van der Waals surface area (Å²) in [6, 6.07) is 15.9. The zero-order chi connectivity index (χ0) is 24.2. The highest BCUT2D eigenvalue weighted by molar-refractivity contribution is 5.92. The van der Waals surface area contributed by atoms with Crippen molar-refractivity contribution in [2.45, 2.75) is 32.4 Å². The smallest absolute Gasteiger partial charge is 0.275 e. The number of amides is 2. The molecule has 2 aromatic carbocycles. The quantitative estimate of drug-likeness (QED) is 0.542. The van der Waals surface area contributed by atoms with E-state index in [0.29, 0.717) is 50.9 Å². The van der Waals surface area contributed by atoms with Crippen molar-refractivity contribution >= 4 is 11.8 Å². The Morgan fingerprint density at radius 3 is 2.66 bits per heavy atom. The lowest BCUT2D eigenvalue weighted by molar-refractivity contribution is -0.132. The predicted octanol–water partition coefficient (Wildman–Crippen LogP) is 3.61. The van der Waals surface area contributed by atoms with Crippen LogP contribution in [0.1, 0.15) is 52.5 Å². The third kappa shape index (κ3) is 4.93. The molecule has 2 aliphatic heterocycles. The van der Waals surface area contributed by atoms with Crippen LogP contribution in [0.2, 0.25) is 0 Å². The first-order chi connectivity index (χ1) is 17.1. The van der Waals surface area contributed by atoms with Crippen molar-refractivity contribution in [2.75, 3.05) is 32.8 Å². The highest BCUT2D eigenvalue weighted by atomic mass is 16.5. The van der Waals surface area contributed by atoms with Crippen LogP contribution >= 0.6 is 0 Å². The van der Waals surface area contributed by atoms with Gasteiger partial charge in [0.1, 0.15) is 12.0 Å². The Hall–Kier alpha value is -3.65. The zero-order valence-electron chi connectivity index (χ0n) is 19.8. The van der Waals surface area contributed by atoms with Crippen molar-refractivity contribution in [3.05, 3.63) is 83.1 Å². The van der Waals surface area contributed by atoms with Gasteiger partial charge in [0.25, 0.3) is 5.91 Å². The molecule has 3 aromatic rings. The molecule has 5 rings (SSSR count). The van der Waals surface area contributed by atoms with Crippen molar-refractivity contribution in [1.82, 2.24) is 14.8 Å². The van der Waals surface area contributed by atoms with E-state index in [1.54, 1.807) is 4.90 Å². The van der Waals surface area contributed by atoms with Crippen LogP contribution in [-0.4, -0.2) is 59.4 Å². The van der Waals surface area contributed by atoms with Crippen LogP contribution in [0.3, 0.4) is 0 Å². The van der Waals surface area contributed by atoms with E-state index >= 15 is 0 Å². The summed E-state index contributed by atoms with van der Waals surface area (Å²) in [5.74, 6) is 0.966. The molecule has 35 heavy (non-hydrogen) atoms. The molecule has 1 saturated heterocycles. The van der Waals surface area contributed by atoms with Gasteiger partial charge in [0.2, 0.25) is 11.8 Å². The van der Waals surface area contributed by atoms with Crippen LogP contribution in [0.25, 0.3) is 0 Å². The number of carbonyl (C=O) groups excluding carboxylic acids is 2. The molecular formula is C27H29N3O5. The van der Waals surface area contributed by atoms with E-state index in [4.69, 9.17) is 13.9 Å². The van der Waals surface area contributed by atoms with Gasteiger partial charge in [-0.3, -0.25) is 9.59 Å². The molecule has 1 unspecified atom stereocenters. The number of morpholine rings is 1. The number of nitrogens with zero attached hydrogens (tertiary/aromatic N) is 3. The predicted molar refractivity (Wildman–Crippen MR) is 128 cm³/mol. The maximum atomic E-state index is 12.8. The number of hydrogen-bond donors (Lipinski definition) is 0. The van der Waals surface area contributed by atoms with Crippen LogP contribution in [0.15, 0.2) is 59.2 Å². The monoisotopic (exact) mass is 475 g/mol. The van der Waals surface area contributed by atoms with Gasteiger partial charge in [-0.2, -0.15) is 0 Å². The first kappa shape index (κ1) is 23.1. The van der Waals surface area contributed by atoms with E-state index in [-0.39, 0.29) is 30.2 Å². The minimum Gasteiger partial charge on any atom is -0.484 e. The van der Waals surface area contributed by atoms with Gasteiger partial charge in [0, 0.05) is 26.1 Å². The number of hydrogen-bond acceptors (Lipinski definition) is 6. The van der Waals surface area contributed by atoms with Crippen LogP contribution in [-0.2, 0) is 22.6 Å². The third-order valence-electron chi connectivity index (χ3n) is 6.52. The largest absolute Gasteiger partial charge is 0.484 e. The van der Waals surface area contributed by atoms with Gasteiger partial charge in [-0.25, -0.2) is 4.98 Å². The number of aromatic nitrogens is 1. The molecule has 0 N–H and O–H groups in total. The van der Waals surface area contributed by atoms with Gasteiger partial charge in [-0.05, 0) is 35.2 Å². The standard InChI is InChI=1S/C27H29N3O5/c1-2-25(31)30-11-10-19-8-9-21(16-22(19)26(30)20-6-4-3-5-7-20)34-18-24-28-23(17-35-24)27(32)29-12-14-33-15-13-29/h3-9,16-17,26H,2,10-15,18H2,1H3. The van der Waals surface area contributed by atoms with Crippen LogP contribution in [0, 0.1) is 0 Å². The number of carbonyl (C=O) groups is 2. The average Bonchev–Trinajstić information content (AvgIpc) is 3.40. The summed E-state index contributed by atoms with van der Waals surface area (Å²) in [5, 5.41) is 0. The van der Waals surface area contributed by atoms with Gasteiger partial charge >= 0.3 is 0 Å². The Morgan fingerprint density at radius 1 is 1.09 bits per heavy atom. The van der Waals surface area contributed by atoms with Gasteiger partial charge < -0.3 is 23.7 Å². The molecule has 2 aliphatic rings. The number of fused-ring (bicyclic) bond motifs is 1. The number of benzene rings is 2. The molecule has 1 fully saturated rings. The molecule has 8 heteroatoms. The molecule has 3 heterocycles. The Kier molecular flexibility index (Phi) is 6.81. The second-order valence-electron chi connectivity index (χ2n) is 8.68.